The van der Waals surface area contributed by atoms with Gasteiger partial charge in [0.1, 0.15) is 0 Å². The van der Waals surface area contributed by atoms with E-state index in [1.54, 1.807) is 0 Å². The van der Waals surface area contributed by atoms with Crippen molar-refractivity contribution < 1.29 is 9.53 Å². The van der Waals surface area contributed by atoms with E-state index in [9.17, 15) is 4.79 Å². The largest absolute Gasteiger partial charge is 0.381 e. The number of ether oxygens (including phenoxy) is 1. The molecule has 0 atom stereocenters. The molecule has 0 bridgehead atoms. The van der Waals surface area contributed by atoms with Gasteiger partial charge in [-0.15, -0.1) is 0 Å². The summed E-state index contributed by atoms with van der Waals surface area (Å²) in [6.07, 6.45) is 3.49. The summed E-state index contributed by atoms with van der Waals surface area (Å²) < 4.78 is 5.30. The Morgan fingerprint density at radius 3 is 2.52 bits per heavy atom. The van der Waals surface area contributed by atoms with E-state index in [1.165, 1.54) is 11.1 Å². The Hall–Kier alpha value is -1.39. The molecular formula is C17H24N2O2. The van der Waals surface area contributed by atoms with Crippen molar-refractivity contribution in [1.29, 1.82) is 0 Å². The van der Waals surface area contributed by atoms with Gasteiger partial charge in [-0.05, 0) is 43.7 Å². The van der Waals surface area contributed by atoms with Crippen LogP contribution in [-0.4, -0.2) is 31.2 Å². The first-order valence-electron chi connectivity index (χ1n) is 7.77. The summed E-state index contributed by atoms with van der Waals surface area (Å²) >= 11 is 0. The summed E-state index contributed by atoms with van der Waals surface area (Å²) in [5.41, 5.74) is 8.27. The van der Waals surface area contributed by atoms with E-state index in [0.29, 0.717) is 32.6 Å². The Labute approximate surface area is 126 Å². The predicted molar refractivity (Wildman–Crippen MR) is 82.1 cm³/mol. The van der Waals surface area contributed by atoms with Gasteiger partial charge in [-0.3, -0.25) is 4.79 Å². The van der Waals surface area contributed by atoms with Gasteiger partial charge >= 0.3 is 0 Å². The second-order valence-corrected chi connectivity index (χ2v) is 6.55. The minimum Gasteiger partial charge on any atom is -0.381 e. The molecule has 1 aromatic rings. The van der Waals surface area contributed by atoms with Crippen LogP contribution in [0.25, 0.3) is 0 Å². The van der Waals surface area contributed by atoms with Crippen molar-refractivity contribution in [3.05, 3.63) is 35.4 Å². The maximum Gasteiger partial charge on any atom is 0.240 e. The van der Waals surface area contributed by atoms with Crippen LogP contribution in [0.3, 0.4) is 0 Å². The first kappa shape index (κ1) is 14.5. The summed E-state index contributed by atoms with van der Waals surface area (Å²) in [6, 6.07) is 8.46. The van der Waals surface area contributed by atoms with Crippen LogP contribution >= 0.6 is 0 Å². The van der Waals surface area contributed by atoms with Gasteiger partial charge in [0.15, 0.2) is 0 Å². The molecule has 1 saturated carbocycles. The van der Waals surface area contributed by atoms with Crippen LogP contribution in [0.15, 0.2) is 24.3 Å². The lowest BCUT2D eigenvalue weighted by Crippen LogP contribution is -2.57. The topological polar surface area (TPSA) is 64.4 Å². The smallest absolute Gasteiger partial charge is 0.240 e. The normalized spacial score (nSPS) is 22.6. The van der Waals surface area contributed by atoms with E-state index in [0.717, 1.165) is 12.8 Å². The highest BCUT2D eigenvalue weighted by Crippen LogP contribution is 2.48. The SMILES string of the molecule is Cc1ccccc1C1(CNC(=O)C2(N)CCOCC2)CC1. The summed E-state index contributed by atoms with van der Waals surface area (Å²) in [4.78, 5) is 12.4. The zero-order chi connectivity index (χ0) is 14.9. The Balaban J connectivity index is 1.65. The lowest BCUT2D eigenvalue weighted by molar-refractivity contribution is -0.129. The molecule has 4 nitrogen and oxygen atoms in total. The lowest BCUT2D eigenvalue weighted by Gasteiger charge is -2.32. The predicted octanol–water partition coefficient (Wildman–Crippen LogP) is 1.65. The Bertz CT molecular complexity index is 531. The third-order valence-electron chi connectivity index (χ3n) is 4.99. The van der Waals surface area contributed by atoms with Crippen molar-refractivity contribution in [2.75, 3.05) is 19.8 Å². The van der Waals surface area contributed by atoms with Crippen LogP contribution in [0.2, 0.25) is 0 Å². The highest BCUT2D eigenvalue weighted by molar-refractivity contribution is 5.86. The number of nitrogens with one attached hydrogen (secondary N) is 1. The minimum absolute atomic E-state index is 0.0225. The van der Waals surface area contributed by atoms with Crippen LogP contribution in [-0.2, 0) is 14.9 Å². The summed E-state index contributed by atoms with van der Waals surface area (Å²) in [7, 11) is 0. The number of carbonyl (C=O) groups excluding carboxylic acids is 1. The standard InChI is InChI=1S/C17H24N2O2/c1-13-4-2-3-5-14(13)16(6-7-16)12-19-15(20)17(18)8-10-21-11-9-17/h2-5H,6-12,18H2,1H3,(H,19,20). The van der Waals surface area contributed by atoms with Gasteiger partial charge in [0.2, 0.25) is 5.91 Å². The third-order valence-corrected chi connectivity index (χ3v) is 4.99. The number of amides is 1. The van der Waals surface area contributed by atoms with Crippen LogP contribution in [0.5, 0.6) is 0 Å². The average molecular weight is 288 g/mol. The van der Waals surface area contributed by atoms with Gasteiger partial charge < -0.3 is 15.8 Å². The van der Waals surface area contributed by atoms with E-state index in [2.05, 4.69) is 36.5 Å². The Morgan fingerprint density at radius 2 is 1.90 bits per heavy atom. The zero-order valence-corrected chi connectivity index (χ0v) is 12.7. The third kappa shape index (κ3) is 2.83. The molecular weight excluding hydrogens is 264 g/mol. The molecule has 0 aromatic heterocycles. The lowest BCUT2D eigenvalue weighted by atomic mass is 9.88. The van der Waals surface area contributed by atoms with Gasteiger partial charge in [0.05, 0.1) is 5.54 Å². The second-order valence-electron chi connectivity index (χ2n) is 6.55. The Morgan fingerprint density at radius 1 is 1.24 bits per heavy atom. The molecule has 1 saturated heterocycles. The number of hydrogen-bond donors (Lipinski definition) is 2. The molecule has 1 aromatic carbocycles. The van der Waals surface area contributed by atoms with E-state index in [4.69, 9.17) is 10.5 Å². The molecule has 2 fully saturated rings. The van der Waals surface area contributed by atoms with Gasteiger partial charge in [0.25, 0.3) is 0 Å². The summed E-state index contributed by atoms with van der Waals surface area (Å²) in [5.74, 6) is -0.0225. The molecule has 1 aliphatic carbocycles. The molecule has 2 aliphatic rings. The molecule has 21 heavy (non-hydrogen) atoms. The highest BCUT2D eigenvalue weighted by atomic mass is 16.5. The quantitative estimate of drug-likeness (QED) is 0.885. The number of aryl methyl sites for hydroxylation is 1. The maximum atomic E-state index is 12.4. The molecule has 1 amide bonds. The summed E-state index contributed by atoms with van der Waals surface area (Å²) in [6.45, 7) is 3.98. The van der Waals surface area contributed by atoms with Crippen molar-refractivity contribution in [2.45, 2.75) is 43.6 Å². The number of carbonyl (C=O) groups is 1. The molecule has 0 unspecified atom stereocenters. The zero-order valence-electron chi connectivity index (χ0n) is 12.7. The molecule has 114 valence electrons. The molecule has 0 radical (unpaired) electrons. The molecule has 1 aliphatic heterocycles. The fourth-order valence-corrected chi connectivity index (χ4v) is 3.25. The van der Waals surface area contributed by atoms with E-state index in [-0.39, 0.29) is 11.3 Å². The molecule has 0 spiro atoms. The van der Waals surface area contributed by atoms with E-state index in [1.807, 2.05) is 0 Å². The van der Waals surface area contributed by atoms with Gasteiger partial charge in [-0.2, -0.15) is 0 Å². The maximum absolute atomic E-state index is 12.4. The number of nitrogens with two attached hydrogens (primary N) is 1. The van der Waals surface area contributed by atoms with Crippen molar-refractivity contribution in [2.24, 2.45) is 5.73 Å². The molecule has 3 N–H and O–H groups in total. The van der Waals surface area contributed by atoms with Crippen molar-refractivity contribution in [3.8, 4) is 0 Å². The van der Waals surface area contributed by atoms with Crippen LogP contribution in [0, 0.1) is 6.92 Å². The Kier molecular flexibility index (Phi) is 3.76. The second kappa shape index (κ2) is 5.43. The van der Waals surface area contributed by atoms with Crippen LogP contribution in [0.4, 0.5) is 0 Å². The van der Waals surface area contributed by atoms with Crippen molar-refractivity contribution in [3.63, 3.8) is 0 Å². The molecule has 3 rings (SSSR count). The van der Waals surface area contributed by atoms with E-state index < -0.39 is 5.54 Å². The fraction of sp³-hybridized carbons (Fsp3) is 0.588. The molecule has 4 heteroatoms. The van der Waals surface area contributed by atoms with E-state index >= 15 is 0 Å². The minimum atomic E-state index is -0.750. The van der Waals surface area contributed by atoms with Gasteiger partial charge in [-0.25, -0.2) is 0 Å². The number of benzene rings is 1. The molecule has 1 heterocycles. The van der Waals surface area contributed by atoms with Crippen molar-refractivity contribution in [1.82, 2.24) is 5.32 Å². The van der Waals surface area contributed by atoms with Crippen LogP contribution < -0.4 is 11.1 Å². The first-order valence-corrected chi connectivity index (χ1v) is 7.77. The highest BCUT2D eigenvalue weighted by Gasteiger charge is 2.46. The fourth-order valence-electron chi connectivity index (χ4n) is 3.25. The summed E-state index contributed by atoms with van der Waals surface area (Å²) in [5, 5.41) is 3.10. The number of rotatable bonds is 4. The van der Waals surface area contributed by atoms with Gasteiger partial charge in [0, 0.05) is 25.2 Å². The van der Waals surface area contributed by atoms with Gasteiger partial charge in [-0.1, -0.05) is 24.3 Å². The monoisotopic (exact) mass is 288 g/mol. The average Bonchev–Trinajstić information content (AvgIpc) is 3.27. The van der Waals surface area contributed by atoms with Crippen molar-refractivity contribution >= 4 is 5.91 Å². The number of hydrogen-bond acceptors (Lipinski definition) is 3. The first-order chi connectivity index (χ1) is 10.1. The van der Waals surface area contributed by atoms with Crippen LogP contribution in [0.1, 0.15) is 36.8 Å².